The van der Waals surface area contributed by atoms with Gasteiger partial charge >= 0.3 is 6.18 Å². The fourth-order valence-corrected chi connectivity index (χ4v) is 1.17. The molecule has 1 aromatic rings. The minimum absolute atomic E-state index is 0. The summed E-state index contributed by atoms with van der Waals surface area (Å²) >= 11 is 0. The fraction of sp³-hybridized carbons (Fsp3) is 0.400. The zero-order valence-electron chi connectivity index (χ0n) is 9.12. The summed E-state index contributed by atoms with van der Waals surface area (Å²) in [5.74, 6) is 0. The van der Waals surface area contributed by atoms with Gasteiger partial charge in [-0.15, -0.1) is 24.8 Å². The van der Waals surface area contributed by atoms with Gasteiger partial charge < -0.3 is 11.5 Å². The number of hydrogen-bond donors (Lipinski definition) is 2. The van der Waals surface area contributed by atoms with Gasteiger partial charge in [-0.05, 0) is 24.6 Å². The van der Waals surface area contributed by atoms with Crippen LogP contribution < -0.4 is 11.5 Å². The first-order chi connectivity index (χ1) is 6.77. The van der Waals surface area contributed by atoms with Crippen LogP contribution in [0.25, 0.3) is 0 Å². The van der Waals surface area contributed by atoms with Crippen LogP contribution >= 0.6 is 24.8 Å². The molecule has 2 nitrogen and oxygen atoms in total. The van der Waals surface area contributed by atoms with Gasteiger partial charge in [0.05, 0.1) is 11.1 Å². The Hall–Kier alpha value is -0.490. The zero-order valence-corrected chi connectivity index (χ0v) is 10.8. The molecule has 100 valence electrons. The van der Waals surface area contributed by atoms with E-state index in [9.17, 15) is 13.2 Å². The highest BCUT2D eigenvalue weighted by Gasteiger charge is 2.31. The van der Waals surface area contributed by atoms with Gasteiger partial charge in [-0.2, -0.15) is 13.2 Å². The van der Waals surface area contributed by atoms with Crippen LogP contribution in [-0.4, -0.2) is 6.54 Å². The van der Waals surface area contributed by atoms with Gasteiger partial charge in [0.25, 0.3) is 0 Å². The van der Waals surface area contributed by atoms with Gasteiger partial charge in [0.15, 0.2) is 0 Å². The first-order valence-electron chi connectivity index (χ1n) is 4.44. The largest absolute Gasteiger partial charge is 0.416 e. The average molecular weight is 291 g/mol. The molecule has 17 heavy (non-hydrogen) atoms. The van der Waals surface area contributed by atoms with E-state index < -0.39 is 17.3 Å². The highest BCUT2D eigenvalue weighted by atomic mass is 35.5. The van der Waals surface area contributed by atoms with Crippen LogP contribution in [0.4, 0.5) is 13.2 Å². The third-order valence-electron chi connectivity index (χ3n) is 2.27. The van der Waals surface area contributed by atoms with Crippen molar-refractivity contribution < 1.29 is 13.2 Å². The Bertz CT molecular complexity index is 354. The normalized spacial score (nSPS) is 14.2. The SMILES string of the molecule is CC(N)(CN)c1cccc(C(F)(F)F)c1.Cl.Cl. The Balaban J connectivity index is 0. The van der Waals surface area contributed by atoms with E-state index in [4.69, 9.17) is 11.5 Å². The maximum atomic E-state index is 12.4. The van der Waals surface area contributed by atoms with Crippen LogP contribution in [-0.2, 0) is 11.7 Å². The predicted molar refractivity (Wildman–Crippen MR) is 66.5 cm³/mol. The molecule has 0 saturated carbocycles. The minimum Gasteiger partial charge on any atom is -0.328 e. The molecule has 0 aliphatic rings. The lowest BCUT2D eigenvalue weighted by Gasteiger charge is -2.23. The number of rotatable bonds is 2. The van der Waals surface area contributed by atoms with Crippen molar-refractivity contribution in [1.29, 1.82) is 0 Å². The third kappa shape index (κ3) is 4.71. The van der Waals surface area contributed by atoms with Crippen molar-refractivity contribution in [3.05, 3.63) is 35.4 Å². The number of benzene rings is 1. The smallest absolute Gasteiger partial charge is 0.328 e. The van der Waals surface area contributed by atoms with E-state index in [1.54, 1.807) is 13.0 Å². The van der Waals surface area contributed by atoms with Crippen LogP contribution in [0, 0.1) is 0 Å². The Labute approximate surface area is 110 Å². The van der Waals surface area contributed by atoms with Gasteiger partial charge in [0, 0.05) is 6.54 Å². The Kier molecular flexibility index (Phi) is 7.15. The Morgan fingerprint density at radius 1 is 1.12 bits per heavy atom. The molecule has 7 heteroatoms. The van der Waals surface area contributed by atoms with Crippen molar-refractivity contribution in [2.75, 3.05) is 6.54 Å². The summed E-state index contributed by atoms with van der Waals surface area (Å²) in [4.78, 5) is 0. The molecule has 1 unspecified atom stereocenters. The van der Waals surface area contributed by atoms with Crippen LogP contribution in [0.1, 0.15) is 18.1 Å². The van der Waals surface area contributed by atoms with Crippen molar-refractivity contribution in [3.63, 3.8) is 0 Å². The predicted octanol–water partition coefficient (Wildman–Crippen LogP) is 2.68. The second kappa shape index (κ2) is 6.44. The van der Waals surface area contributed by atoms with Gasteiger partial charge in [-0.25, -0.2) is 0 Å². The standard InChI is InChI=1S/C10H13F3N2.2ClH/c1-9(15,6-14)7-3-2-4-8(5-7)10(11,12)13;;/h2-5H,6,14-15H2,1H3;2*1H. The molecule has 0 radical (unpaired) electrons. The third-order valence-corrected chi connectivity index (χ3v) is 2.27. The summed E-state index contributed by atoms with van der Waals surface area (Å²) in [5.41, 5.74) is 9.90. The van der Waals surface area contributed by atoms with Gasteiger partial charge in [0.1, 0.15) is 0 Å². The molecule has 0 aromatic heterocycles. The van der Waals surface area contributed by atoms with Crippen LogP contribution in [0.2, 0.25) is 0 Å². The second-order valence-electron chi connectivity index (χ2n) is 3.70. The number of nitrogens with two attached hydrogens (primary N) is 2. The molecule has 0 amide bonds. The van der Waals surface area contributed by atoms with Crippen molar-refractivity contribution in [1.82, 2.24) is 0 Å². The van der Waals surface area contributed by atoms with E-state index in [0.29, 0.717) is 5.56 Å². The molecule has 0 aliphatic carbocycles. The molecule has 0 bridgehead atoms. The molecule has 0 heterocycles. The van der Waals surface area contributed by atoms with E-state index in [-0.39, 0.29) is 31.4 Å². The lowest BCUT2D eigenvalue weighted by atomic mass is 9.92. The maximum Gasteiger partial charge on any atom is 0.416 e. The molecule has 1 aromatic carbocycles. The molecule has 1 atom stereocenters. The summed E-state index contributed by atoms with van der Waals surface area (Å²) in [5, 5.41) is 0. The van der Waals surface area contributed by atoms with Crippen molar-refractivity contribution >= 4 is 24.8 Å². The molecule has 0 aliphatic heterocycles. The van der Waals surface area contributed by atoms with Crippen LogP contribution in [0.15, 0.2) is 24.3 Å². The van der Waals surface area contributed by atoms with E-state index in [1.165, 1.54) is 6.07 Å². The molecule has 0 saturated heterocycles. The molecular formula is C10H15Cl2F3N2. The first kappa shape index (κ1) is 18.9. The first-order valence-corrected chi connectivity index (χ1v) is 4.44. The molecule has 0 fully saturated rings. The number of alkyl halides is 3. The summed E-state index contributed by atoms with van der Waals surface area (Å²) in [7, 11) is 0. The number of halogens is 5. The quantitative estimate of drug-likeness (QED) is 0.880. The lowest BCUT2D eigenvalue weighted by Crippen LogP contribution is -2.40. The molecular weight excluding hydrogens is 276 g/mol. The van der Waals surface area contributed by atoms with E-state index in [2.05, 4.69) is 0 Å². The second-order valence-corrected chi connectivity index (χ2v) is 3.70. The highest BCUT2D eigenvalue weighted by molar-refractivity contribution is 5.85. The summed E-state index contributed by atoms with van der Waals surface area (Å²) in [6.07, 6.45) is -4.35. The average Bonchev–Trinajstić information content (AvgIpc) is 2.17. The Morgan fingerprint density at radius 3 is 2.00 bits per heavy atom. The van der Waals surface area contributed by atoms with Crippen LogP contribution in [0.3, 0.4) is 0 Å². The van der Waals surface area contributed by atoms with Crippen LogP contribution in [0.5, 0.6) is 0 Å². The van der Waals surface area contributed by atoms with E-state index in [1.807, 2.05) is 0 Å². The zero-order chi connectivity index (χ0) is 11.7. The monoisotopic (exact) mass is 290 g/mol. The van der Waals surface area contributed by atoms with Gasteiger partial charge in [-0.1, -0.05) is 12.1 Å². The summed E-state index contributed by atoms with van der Waals surface area (Å²) in [6.45, 7) is 1.69. The molecule has 0 spiro atoms. The fourth-order valence-electron chi connectivity index (χ4n) is 1.17. The van der Waals surface area contributed by atoms with Crippen molar-refractivity contribution in [2.24, 2.45) is 11.5 Å². The number of hydrogen-bond acceptors (Lipinski definition) is 2. The van der Waals surface area contributed by atoms with E-state index in [0.717, 1.165) is 12.1 Å². The highest BCUT2D eigenvalue weighted by Crippen LogP contribution is 2.31. The Morgan fingerprint density at radius 2 is 1.59 bits per heavy atom. The van der Waals surface area contributed by atoms with Crippen molar-refractivity contribution in [2.45, 2.75) is 18.6 Å². The van der Waals surface area contributed by atoms with Crippen molar-refractivity contribution in [3.8, 4) is 0 Å². The summed E-state index contributed by atoms with van der Waals surface area (Å²) in [6, 6.07) is 4.92. The van der Waals surface area contributed by atoms with Gasteiger partial charge in [-0.3, -0.25) is 0 Å². The van der Waals surface area contributed by atoms with E-state index >= 15 is 0 Å². The minimum atomic E-state index is -4.35. The maximum absolute atomic E-state index is 12.4. The molecule has 4 N–H and O–H groups in total. The topological polar surface area (TPSA) is 52.0 Å². The lowest BCUT2D eigenvalue weighted by molar-refractivity contribution is -0.137. The molecule has 1 rings (SSSR count). The summed E-state index contributed by atoms with van der Waals surface area (Å²) < 4.78 is 37.2. The van der Waals surface area contributed by atoms with Gasteiger partial charge in [0.2, 0.25) is 0 Å².